The molecule has 0 spiro atoms. The zero-order valence-electron chi connectivity index (χ0n) is 12.3. The number of benzene rings is 1. The molecule has 0 unspecified atom stereocenters. The Labute approximate surface area is 125 Å². The van der Waals surface area contributed by atoms with Crippen LogP contribution in [0.25, 0.3) is 0 Å². The number of anilines is 2. The van der Waals surface area contributed by atoms with Crippen molar-refractivity contribution < 1.29 is 13.2 Å². The van der Waals surface area contributed by atoms with Crippen molar-refractivity contribution >= 4 is 27.3 Å². The van der Waals surface area contributed by atoms with E-state index in [2.05, 4.69) is 15.4 Å². The molecule has 0 heterocycles. The number of carbonyl (C=O) groups excluding carboxylic acids is 1. The van der Waals surface area contributed by atoms with Gasteiger partial charge in [0, 0.05) is 5.69 Å². The first-order valence-electron chi connectivity index (χ1n) is 6.92. The monoisotopic (exact) mass is 311 g/mol. The third-order valence-electron chi connectivity index (χ3n) is 3.23. The highest BCUT2D eigenvalue weighted by atomic mass is 32.2. The summed E-state index contributed by atoms with van der Waals surface area (Å²) in [6.07, 6.45) is 3.58. The first kappa shape index (κ1) is 15.8. The third-order valence-corrected chi connectivity index (χ3v) is 3.82. The lowest BCUT2D eigenvalue weighted by Crippen LogP contribution is -2.29. The van der Waals surface area contributed by atoms with E-state index in [-0.39, 0.29) is 12.5 Å². The van der Waals surface area contributed by atoms with Crippen molar-refractivity contribution in [3.8, 4) is 0 Å². The molecule has 1 fully saturated rings. The molecule has 0 atom stereocenters. The predicted octanol–water partition coefficient (Wildman–Crippen LogP) is 1.30. The zero-order valence-corrected chi connectivity index (χ0v) is 13.1. The van der Waals surface area contributed by atoms with Gasteiger partial charge in [-0.3, -0.25) is 9.52 Å². The summed E-state index contributed by atoms with van der Waals surface area (Å²) in [6, 6.07) is 5.14. The van der Waals surface area contributed by atoms with Crippen molar-refractivity contribution in [2.75, 3.05) is 29.4 Å². The van der Waals surface area contributed by atoms with Gasteiger partial charge in [0.05, 0.1) is 18.5 Å². The molecule has 1 saturated carbocycles. The van der Waals surface area contributed by atoms with Crippen LogP contribution in [-0.4, -0.2) is 33.7 Å². The minimum absolute atomic E-state index is 0.134. The van der Waals surface area contributed by atoms with Gasteiger partial charge >= 0.3 is 0 Å². The number of sulfonamides is 1. The number of nitrogens with one attached hydrogen (secondary N) is 3. The van der Waals surface area contributed by atoms with E-state index in [0.717, 1.165) is 24.3 Å². The molecule has 0 bridgehead atoms. The largest absolute Gasteiger partial charge is 0.325 e. The van der Waals surface area contributed by atoms with Crippen molar-refractivity contribution in [2.24, 2.45) is 5.92 Å². The van der Waals surface area contributed by atoms with Gasteiger partial charge in [0.15, 0.2) is 0 Å². The molecule has 3 N–H and O–H groups in total. The molecule has 6 nitrogen and oxygen atoms in total. The number of amides is 1. The standard InChI is InChI=1S/C14H21N3O3S/c1-10-3-6-12(7-13(10)17-21(2,19)20)16-14(18)9-15-8-11-4-5-11/h3,6-7,11,15,17H,4-5,8-9H2,1-2H3,(H,16,18). The molecule has 21 heavy (non-hydrogen) atoms. The maximum absolute atomic E-state index is 11.8. The van der Waals surface area contributed by atoms with Crippen molar-refractivity contribution in [3.05, 3.63) is 23.8 Å². The lowest BCUT2D eigenvalue weighted by Gasteiger charge is -2.11. The van der Waals surface area contributed by atoms with Crippen molar-refractivity contribution in [1.29, 1.82) is 0 Å². The van der Waals surface area contributed by atoms with Crippen LogP contribution >= 0.6 is 0 Å². The highest BCUT2D eigenvalue weighted by molar-refractivity contribution is 7.92. The van der Waals surface area contributed by atoms with E-state index < -0.39 is 10.0 Å². The van der Waals surface area contributed by atoms with Crippen molar-refractivity contribution in [1.82, 2.24) is 5.32 Å². The summed E-state index contributed by atoms with van der Waals surface area (Å²) < 4.78 is 25.0. The van der Waals surface area contributed by atoms with Crippen LogP contribution < -0.4 is 15.4 Å². The van der Waals surface area contributed by atoms with Gasteiger partial charge in [-0.05, 0) is 49.9 Å². The topological polar surface area (TPSA) is 87.3 Å². The maximum atomic E-state index is 11.8. The van der Waals surface area contributed by atoms with E-state index in [0.29, 0.717) is 11.4 Å². The second kappa shape index (κ2) is 6.44. The molecule has 0 saturated heterocycles. The zero-order chi connectivity index (χ0) is 15.5. The lowest BCUT2D eigenvalue weighted by atomic mass is 10.2. The molecule has 0 radical (unpaired) electrons. The number of carbonyl (C=O) groups is 1. The van der Waals surface area contributed by atoms with E-state index >= 15 is 0 Å². The van der Waals surface area contributed by atoms with Crippen LogP contribution in [-0.2, 0) is 14.8 Å². The molecule has 1 aliphatic rings. The summed E-state index contributed by atoms with van der Waals surface area (Å²) in [4.78, 5) is 11.8. The Morgan fingerprint density at radius 1 is 1.33 bits per heavy atom. The minimum Gasteiger partial charge on any atom is -0.325 e. The highest BCUT2D eigenvalue weighted by Crippen LogP contribution is 2.27. The van der Waals surface area contributed by atoms with Gasteiger partial charge < -0.3 is 10.6 Å². The molecule has 7 heteroatoms. The van der Waals surface area contributed by atoms with Gasteiger partial charge in [-0.2, -0.15) is 0 Å². The van der Waals surface area contributed by atoms with Crippen LogP contribution in [0.15, 0.2) is 18.2 Å². The highest BCUT2D eigenvalue weighted by Gasteiger charge is 2.20. The van der Waals surface area contributed by atoms with Gasteiger partial charge in [0.25, 0.3) is 0 Å². The Morgan fingerprint density at radius 3 is 2.67 bits per heavy atom. The summed E-state index contributed by atoms with van der Waals surface area (Å²) in [5, 5.41) is 5.86. The Hall–Kier alpha value is -1.60. The predicted molar refractivity (Wildman–Crippen MR) is 83.9 cm³/mol. The summed E-state index contributed by atoms with van der Waals surface area (Å²) in [6.45, 7) is 2.94. The fraction of sp³-hybridized carbons (Fsp3) is 0.500. The summed E-state index contributed by atoms with van der Waals surface area (Å²) in [5.74, 6) is 0.590. The van der Waals surface area contributed by atoms with Gasteiger partial charge in [0.2, 0.25) is 15.9 Å². The Balaban J connectivity index is 1.92. The Morgan fingerprint density at radius 2 is 2.05 bits per heavy atom. The van der Waals surface area contributed by atoms with Gasteiger partial charge in [-0.15, -0.1) is 0 Å². The fourth-order valence-corrected chi connectivity index (χ4v) is 2.55. The molecule has 0 aliphatic heterocycles. The molecule has 116 valence electrons. The molecule has 2 rings (SSSR count). The number of hydrogen-bond acceptors (Lipinski definition) is 4. The van der Waals surface area contributed by atoms with Crippen LogP contribution in [0.2, 0.25) is 0 Å². The van der Waals surface area contributed by atoms with E-state index in [4.69, 9.17) is 0 Å². The molecular formula is C14H21N3O3S. The summed E-state index contributed by atoms with van der Waals surface area (Å²) in [5.41, 5.74) is 1.84. The third kappa shape index (κ3) is 5.73. The first-order chi connectivity index (χ1) is 9.83. The fourth-order valence-electron chi connectivity index (χ4n) is 1.93. The normalized spacial score (nSPS) is 14.8. The van der Waals surface area contributed by atoms with Crippen LogP contribution in [0.1, 0.15) is 18.4 Å². The second-order valence-electron chi connectivity index (χ2n) is 5.53. The average Bonchev–Trinajstić information content (AvgIpc) is 3.16. The Kier molecular flexibility index (Phi) is 4.84. The maximum Gasteiger partial charge on any atom is 0.238 e. The van der Waals surface area contributed by atoms with Gasteiger partial charge in [-0.25, -0.2) is 8.42 Å². The van der Waals surface area contributed by atoms with Crippen molar-refractivity contribution in [3.63, 3.8) is 0 Å². The van der Waals surface area contributed by atoms with Gasteiger partial charge in [-0.1, -0.05) is 6.07 Å². The summed E-state index contributed by atoms with van der Waals surface area (Å²) >= 11 is 0. The Bertz CT molecular complexity index is 624. The molecule has 1 aromatic rings. The first-order valence-corrected chi connectivity index (χ1v) is 8.81. The van der Waals surface area contributed by atoms with E-state index in [1.54, 1.807) is 25.1 Å². The molecular weight excluding hydrogens is 290 g/mol. The lowest BCUT2D eigenvalue weighted by molar-refractivity contribution is -0.115. The van der Waals surface area contributed by atoms with Crippen molar-refractivity contribution in [2.45, 2.75) is 19.8 Å². The van der Waals surface area contributed by atoms with Crippen LogP contribution in [0.4, 0.5) is 11.4 Å². The molecule has 1 amide bonds. The minimum atomic E-state index is -3.34. The number of rotatable bonds is 7. The van der Waals surface area contributed by atoms with E-state index in [1.807, 2.05) is 0 Å². The average molecular weight is 311 g/mol. The van der Waals surface area contributed by atoms with Gasteiger partial charge in [0.1, 0.15) is 0 Å². The SMILES string of the molecule is Cc1ccc(NC(=O)CNCC2CC2)cc1NS(C)(=O)=O. The van der Waals surface area contributed by atoms with Crippen LogP contribution in [0, 0.1) is 12.8 Å². The second-order valence-corrected chi connectivity index (χ2v) is 7.27. The molecule has 1 aliphatic carbocycles. The number of hydrogen-bond donors (Lipinski definition) is 3. The van der Waals surface area contributed by atoms with Crippen LogP contribution in [0.5, 0.6) is 0 Å². The summed E-state index contributed by atoms with van der Waals surface area (Å²) in [7, 11) is -3.34. The molecule has 0 aromatic heterocycles. The quantitative estimate of drug-likeness (QED) is 0.708. The van der Waals surface area contributed by atoms with E-state index in [1.165, 1.54) is 12.8 Å². The smallest absolute Gasteiger partial charge is 0.238 e. The molecule has 1 aromatic carbocycles. The van der Waals surface area contributed by atoms with Crippen LogP contribution in [0.3, 0.4) is 0 Å². The van der Waals surface area contributed by atoms with E-state index in [9.17, 15) is 13.2 Å². The number of aryl methyl sites for hydroxylation is 1.